The van der Waals surface area contributed by atoms with Crippen molar-refractivity contribution in [3.8, 4) is 5.75 Å². The Bertz CT molecular complexity index is 1060. The Balaban J connectivity index is 0.000000317. The van der Waals surface area contributed by atoms with Crippen LogP contribution < -0.4 is 4.74 Å². The number of alkyl halides is 6. The van der Waals surface area contributed by atoms with E-state index in [0.29, 0.717) is 5.92 Å². The second-order valence-electron chi connectivity index (χ2n) is 8.98. The number of fused-ring (bicyclic) bond motifs is 1. The Kier molecular flexibility index (Phi) is 11.2. The van der Waals surface area contributed by atoms with Crippen LogP contribution in [0.4, 0.5) is 26.3 Å². The summed E-state index contributed by atoms with van der Waals surface area (Å²) < 4.78 is 76.8. The van der Waals surface area contributed by atoms with Crippen molar-refractivity contribution in [3.05, 3.63) is 47.3 Å². The fourth-order valence-corrected chi connectivity index (χ4v) is 3.75. The first-order chi connectivity index (χ1) is 18.1. The third kappa shape index (κ3) is 10.8. The molecule has 1 atom stereocenters. The van der Waals surface area contributed by atoms with E-state index < -0.39 is 24.3 Å². The number of halogens is 6. The smallest absolute Gasteiger partial charge is 0.490 e. The number of ether oxygens (including phenoxy) is 2. The molecule has 0 amide bonds. The highest BCUT2D eigenvalue weighted by atomic mass is 19.4. The highest BCUT2D eigenvalue weighted by Gasteiger charge is 2.39. The molecule has 1 aliphatic carbocycles. The molecule has 2 aromatic rings. The van der Waals surface area contributed by atoms with Crippen LogP contribution in [0.25, 0.3) is 0 Å². The van der Waals surface area contributed by atoms with Crippen molar-refractivity contribution in [1.29, 1.82) is 0 Å². The summed E-state index contributed by atoms with van der Waals surface area (Å²) in [6, 6.07) is 8.36. The van der Waals surface area contributed by atoms with E-state index in [-0.39, 0.29) is 0 Å². The predicted molar refractivity (Wildman–Crippen MR) is 124 cm³/mol. The van der Waals surface area contributed by atoms with Gasteiger partial charge in [0.2, 0.25) is 0 Å². The molecule has 0 radical (unpaired) electrons. The summed E-state index contributed by atoms with van der Waals surface area (Å²) in [5, 5.41) is 18.7. The van der Waals surface area contributed by atoms with Gasteiger partial charge in [-0.05, 0) is 36.5 Å². The lowest BCUT2D eigenvalue weighted by molar-refractivity contribution is -0.193. The molecule has 0 spiro atoms. The normalized spacial score (nSPS) is 17.2. The summed E-state index contributed by atoms with van der Waals surface area (Å²) in [6.07, 6.45) is -5.47. The number of aryl methyl sites for hydroxylation is 1. The van der Waals surface area contributed by atoms with E-state index in [4.69, 9.17) is 29.3 Å². The van der Waals surface area contributed by atoms with E-state index in [1.807, 2.05) is 30.1 Å². The molecule has 9 nitrogen and oxygen atoms in total. The number of benzene rings is 1. The molecule has 1 saturated carbocycles. The van der Waals surface area contributed by atoms with Crippen LogP contribution in [0.1, 0.15) is 35.6 Å². The largest absolute Gasteiger partial charge is 0.497 e. The van der Waals surface area contributed by atoms with Crippen LogP contribution in [0.5, 0.6) is 5.75 Å². The van der Waals surface area contributed by atoms with E-state index in [9.17, 15) is 26.3 Å². The standard InChI is InChI=1S/C20H27N3O2.2C2HF3O2/c1-22-20-17(9-21-22)11-23(10-15-5-7-19(24-2)8-6-15)12-18(20)14-25-13-16-3-4-16;2*3-2(4,5)1(6)7/h5-9,16,18H,3-4,10-14H2,1-2H3;2*(H,6,7). The predicted octanol–water partition coefficient (Wildman–Crippen LogP) is 4.22. The molecule has 0 saturated heterocycles. The lowest BCUT2D eigenvalue weighted by atomic mass is 9.96. The molecule has 1 aliphatic heterocycles. The molecule has 2 heterocycles. The minimum absolute atomic E-state index is 0.397. The van der Waals surface area contributed by atoms with Gasteiger partial charge in [0.05, 0.1) is 19.9 Å². The zero-order valence-electron chi connectivity index (χ0n) is 21.1. The average Bonchev–Trinajstić information content (AvgIpc) is 3.59. The minimum atomic E-state index is -5.08. The van der Waals surface area contributed by atoms with Crippen molar-refractivity contribution < 1.29 is 55.6 Å². The van der Waals surface area contributed by atoms with E-state index in [2.05, 4.69) is 22.1 Å². The third-order valence-electron chi connectivity index (χ3n) is 5.74. The maximum atomic E-state index is 10.6. The van der Waals surface area contributed by atoms with Crippen molar-refractivity contribution >= 4 is 11.9 Å². The van der Waals surface area contributed by atoms with Crippen molar-refractivity contribution in [1.82, 2.24) is 14.7 Å². The second kappa shape index (κ2) is 13.6. The monoisotopic (exact) mass is 569 g/mol. The van der Waals surface area contributed by atoms with Gasteiger partial charge in [0.1, 0.15) is 5.75 Å². The van der Waals surface area contributed by atoms with Gasteiger partial charge in [-0.25, -0.2) is 9.59 Å². The number of carboxylic acid groups (broad SMARTS) is 2. The summed E-state index contributed by atoms with van der Waals surface area (Å²) in [4.78, 5) is 20.3. The molecular formula is C24H29F6N3O6. The van der Waals surface area contributed by atoms with Gasteiger partial charge in [0.25, 0.3) is 0 Å². The Hall–Kier alpha value is -3.33. The number of hydrogen-bond acceptors (Lipinski definition) is 6. The number of nitrogens with zero attached hydrogens (tertiary/aromatic N) is 3. The van der Waals surface area contributed by atoms with E-state index in [1.54, 1.807) is 7.11 Å². The number of methoxy groups -OCH3 is 1. The summed E-state index contributed by atoms with van der Waals surface area (Å²) >= 11 is 0. The van der Waals surface area contributed by atoms with Gasteiger partial charge in [-0.1, -0.05) is 12.1 Å². The minimum Gasteiger partial charge on any atom is -0.497 e. The van der Waals surface area contributed by atoms with Crippen LogP contribution in [0.2, 0.25) is 0 Å². The number of aliphatic carboxylic acids is 2. The lowest BCUT2D eigenvalue weighted by Gasteiger charge is -2.33. The lowest BCUT2D eigenvalue weighted by Crippen LogP contribution is -2.35. The van der Waals surface area contributed by atoms with Crippen molar-refractivity contribution in [2.24, 2.45) is 13.0 Å². The molecule has 39 heavy (non-hydrogen) atoms. The van der Waals surface area contributed by atoms with Crippen LogP contribution in [0.15, 0.2) is 30.5 Å². The zero-order valence-corrected chi connectivity index (χ0v) is 21.1. The zero-order chi connectivity index (χ0) is 29.4. The fourth-order valence-electron chi connectivity index (χ4n) is 3.75. The Morgan fingerprint density at radius 3 is 2.00 bits per heavy atom. The molecule has 4 rings (SSSR count). The molecular weight excluding hydrogens is 540 g/mol. The Morgan fingerprint density at radius 2 is 1.54 bits per heavy atom. The topological polar surface area (TPSA) is 114 Å². The maximum absolute atomic E-state index is 10.6. The van der Waals surface area contributed by atoms with Crippen LogP contribution in [-0.4, -0.2) is 76.1 Å². The quantitative estimate of drug-likeness (QED) is 0.477. The summed E-state index contributed by atoms with van der Waals surface area (Å²) in [6.45, 7) is 4.62. The molecule has 1 unspecified atom stereocenters. The van der Waals surface area contributed by atoms with Crippen molar-refractivity contribution in [3.63, 3.8) is 0 Å². The van der Waals surface area contributed by atoms with Crippen LogP contribution in [-0.2, 0) is 34.5 Å². The number of aromatic nitrogens is 2. The fraction of sp³-hybridized carbons (Fsp3) is 0.542. The van der Waals surface area contributed by atoms with Gasteiger partial charge in [0, 0.05) is 50.5 Å². The van der Waals surface area contributed by atoms with Crippen LogP contribution >= 0.6 is 0 Å². The van der Waals surface area contributed by atoms with Crippen molar-refractivity contribution in [2.75, 3.05) is 26.9 Å². The second-order valence-corrected chi connectivity index (χ2v) is 8.98. The summed E-state index contributed by atoms with van der Waals surface area (Å²) in [5.74, 6) is -3.40. The molecule has 1 aromatic heterocycles. The van der Waals surface area contributed by atoms with Gasteiger partial charge in [0.15, 0.2) is 0 Å². The van der Waals surface area contributed by atoms with Gasteiger partial charge in [-0.2, -0.15) is 31.4 Å². The summed E-state index contributed by atoms with van der Waals surface area (Å²) in [7, 11) is 3.75. The first-order valence-electron chi connectivity index (χ1n) is 11.7. The van der Waals surface area contributed by atoms with Gasteiger partial charge in [-0.15, -0.1) is 0 Å². The number of rotatable bonds is 7. The first kappa shape index (κ1) is 31.9. The molecule has 218 valence electrons. The van der Waals surface area contributed by atoms with Crippen LogP contribution in [0.3, 0.4) is 0 Å². The molecule has 1 fully saturated rings. The van der Waals surface area contributed by atoms with E-state index in [1.165, 1.54) is 29.7 Å². The molecule has 0 bridgehead atoms. The van der Waals surface area contributed by atoms with Crippen molar-refractivity contribution in [2.45, 2.75) is 44.2 Å². The third-order valence-corrected chi connectivity index (χ3v) is 5.74. The van der Waals surface area contributed by atoms with Gasteiger partial charge >= 0.3 is 24.3 Å². The number of carbonyl (C=O) groups is 2. The van der Waals surface area contributed by atoms with Gasteiger partial charge < -0.3 is 19.7 Å². The Labute approximate surface area is 219 Å². The van der Waals surface area contributed by atoms with E-state index in [0.717, 1.165) is 44.5 Å². The Morgan fingerprint density at radius 1 is 1.00 bits per heavy atom. The average molecular weight is 569 g/mol. The maximum Gasteiger partial charge on any atom is 0.490 e. The first-order valence-corrected chi connectivity index (χ1v) is 11.7. The van der Waals surface area contributed by atoms with Gasteiger partial charge in [-0.3, -0.25) is 9.58 Å². The highest BCUT2D eigenvalue weighted by molar-refractivity contribution is 5.73. The summed E-state index contributed by atoms with van der Waals surface area (Å²) in [5.41, 5.74) is 4.00. The van der Waals surface area contributed by atoms with E-state index >= 15 is 0 Å². The SMILES string of the molecule is COc1ccc(CN2Cc3cnn(C)c3C(COCC3CC3)C2)cc1.O=C(O)C(F)(F)F.O=C(O)C(F)(F)F. The molecule has 2 N–H and O–H groups in total. The molecule has 2 aliphatic rings. The van der Waals surface area contributed by atoms with Crippen LogP contribution in [0, 0.1) is 5.92 Å². The highest BCUT2D eigenvalue weighted by Crippen LogP contribution is 2.32. The molecule has 1 aromatic carbocycles. The number of hydrogen-bond donors (Lipinski definition) is 2. The molecule has 15 heteroatoms. The number of carboxylic acids is 2.